The summed E-state index contributed by atoms with van der Waals surface area (Å²) < 4.78 is 29.2. The fraction of sp³-hybridized carbons (Fsp3) is 0.346. The number of nitrogens with two attached hydrogens (primary N) is 1. The molecule has 3 N–H and O–H groups in total. The van der Waals surface area contributed by atoms with Gasteiger partial charge in [-0.1, -0.05) is 6.07 Å². The minimum absolute atomic E-state index is 0.0114. The lowest BCUT2D eigenvalue weighted by Crippen LogP contribution is -2.46. The third kappa shape index (κ3) is 4.15. The van der Waals surface area contributed by atoms with Crippen LogP contribution >= 0.6 is 0 Å². The number of aromatic nitrogens is 9. The molecule has 0 aromatic carbocycles. The van der Waals surface area contributed by atoms with E-state index in [9.17, 15) is 13.2 Å². The van der Waals surface area contributed by atoms with Crippen molar-refractivity contribution in [3.05, 3.63) is 54.6 Å². The molecule has 3 atom stereocenters. The van der Waals surface area contributed by atoms with Crippen LogP contribution in [0.4, 0.5) is 5.82 Å². The third-order valence-electron chi connectivity index (χ3n) is 8.06. The van der Waals surface area contributed by atoms with Gasteiger partial charge < -0.3 is 15.6 Å². The van der Waals surface area contributed by atoms with Gasteiger partial charge in [-0.2, -0.15) is 14.7 Å². The molecule has 2 aliphatic heterocycles. The number of nitrogens with one attached hydrogen (secondary N) is 1. The lowest BCUT2D eigenvalue weighted by Gasteiger charge is -2.38. The van der Waals surface area contributed by atoms with E-state index in [4.69, 9.17) is 10.7 Å². The van der Waals surface area contributed by atoms with Gasteiger partial charge in [0.15, 0.2) is 15.5 Å². The topological polar surface area (TPSA) is 183 Å². The number of carbonyl (C=O) groups excluding carboxylic acids is 1. The van der Waals surface area contributed by atoms with E-state index in [0.29, 0.717) is 29.7 Å². The molecule has 5 aromatic heterocycles. The molecule has 5 aromatic rings. The average Bonchev–Trinajstić information content (AvgIpc) is 3.74. The van der Waals surface area contributed by atoms with E-state index >= 15 is 0 Å². The number of nitrogens with zero attached hydrogens (tertiary/aromatic N) is 9. The number of aromatic amines is 1. The molecule has 1 amide bonds. The van der Waals surface area contributed by atoms with Crippen LogP contribution in [0.2, 0.25) is 0 Å². The Morgan fingerprint density at radius 2 is 1.88 bits per heavy atom. The molecule has 0 unspecified atom stereocenters. The number of H-pyrrole nitrogens is 1. The maximum Gasteiger partial charge on any atom is 0.292 e. The van der Waals surface area contributed by atoms with Gasteiger partial charge in [0.2, 0.25) is 5.82 Å². The zero-order chi connectivity index (χ0) is 28.5. The Kier molecular flexibility index (Phi) is 5.67. The second-order valence-electron chi connectivity index (χ2n) is 10.7. The van der Waals surface area contributed by atoms with Gasteiger partial charge in [0.25, 0.3) is 5.91 Å². The average molecular weight is 574 g/mol. The molecule has 0 radical (unpaired) electrons. The summed E-state index contributed by atoms with van der Waals surface area (Å²) in [5.41, 5.74) is 10.3. The first-order chi connectivity index (χ1) is 19.7. The summed E-state index contributed by atoms with van der Waals surface area (Å²) in [6.07, 6.45) is 10.5. The van der Waals surface area contributed by atoms with Gasteiger partial charge in [-0.25, -0.2) is 13.4 Å². The molecule has 2 saturated heterocycles. The molecule has 0 spiro atoms. The quantitative estimate of drug-likeness (QED) is 0.315. The van der Waals surface area contributed by atoms with Gasteiger partial charge in [0.1, 0.15) is 22.7 Å². The van der Waals surface area contributed by atoms with E-state index in [0.717, 1.165) is 36.0 Å². The second kappa shape index (κ2) is 9.19. The van der Waals surface area contributed by atoms with Gasteiger partial charge in [0, 0.05) is 54.8 Å². The highest BCUT2D eigenvalue weighted by Gasteiger charge is 2.46. The molecule has 0 aliphatic carbocycles. The number of sulfone groups is 1. The predicted octanol–water partition coefficient (Wildman–Crippen LogP) is 1.85. The largest absolute Gasteiger partial charge is 0.382 e. The first-order valence-corrected chi connectivity index (χ1v) is 15.1. The minimum Gasteiger partial charge on any atom is -0.382 e. The monoisotopic (exact) mass is 573 g/mol. The number of hydrogen-bond acceptors (Lipinski definition) is 10. The maximum atomic E-state index is 13.1. The molecular weight excluding hydrogens is 546 g/mol. The number of anilines is 1. The van der Waals surface area contributed by atoms with Gasteiger partial charge in [0.05, 0.1) is 17.6 Å². The Hall–Kier alpha value is -4.66. The highest BCUT2D eigenvalue weighted by Crippen LogP contribution is 2.45. The van der Waals surface area contributed by atoms with Crippen LogP contribution < -0.4 is 5.73 Å². The number of carbonyl (C=O) groups is 1. The van der Waals surface area contributed by atoms with E-state index < -0.39 is 9.84 Å². The summed E-state index contributed by atoms with van der Waals surface area (Å²) in [5, 5.41) is 16.4. The maximum absolute atomic E-state index is 13.1. The summed E-state index contributed by atoms with van der Waals surface area (Å²) in [5.74, 6) is -0.188. The van der Waals surface area contributed by atoms with Crippen LogP contribution in [0.1, 0.15) is 47.9 Å². The summed E-state index contributed by atoms with van der Waals surface area (Å²) in [6, 6.07) is 5.52. The fourth-order valence-electron chi connectivity index (χ4n) is 6.30. The molecule has 2 fully saturated rings. The van der Waals surface area contributed by atoms with E-state index in [1.807, 2.05) is 36.3 Å². The molecule has 7 rings (SSSR count). The number of rotatable bonds is 5. The van der Waals surface area contributed by atoms with Crippen molar-refractivity contribution < 1.29 is 13.2 Å². The van der Waals surface area contributed by atoms with E-state index in [-0.39, 0.29) is 40.4 Å². The molecule has 15 heteroatoms. The first-order valence-electron chi connectivity index (χ1n) is 13.2. The van der Waals surface area contributed by atoms with Crippen LogP contribution in [0, 0.1) is 0 Å². The SMILES string of the molecule is Cn1ccc(-c2ccc(-c3cnn4c(N)c(S(C)(=O)=O)c([C@H]5C[C@H]6CC[C@@H](C5)N6C(=O)c5nnc[nH]5)nc34)cn2)n1. The van der Waals surface area contributed by atoms with Crippen LogP contribution in [-0.2, 0) is 16.9 Å². The predicted molar refractivity (Wildman–Crippen MR) is 147 cm³/mol. The molecule has 2 aliphatic rings. The molecule has 2 bridgehead atoms. The lowest BCUT2D eigenvalue weighted by atomic mass is 9.87. The minimum atomic E-state index is -3.75. The Morgan fingerprint density at radius 3 is 2.49 bits per heavy atom. The Morgan fingerprint density at radius 1 is 1.10 bits per heavy atom. The molecule has 0 saturated carbocycles. The van der Waals surface area contributed by atoms with Crippen molar-refractivity contribution >= 4 is 27.2 Å². The standard InChI is InChI=1S/C26H27N11O3S/c1-35-8-7-20(34-35)19-6-3-14(11-28-19)18-12-31-37-23(27)22(41(2,39)40)21(32-25(18)37)15-9-16-4-5-17(10-15)36(16)26(38)24-29-13-30-33-24/h3,6-8,11-13,15-17H,4-5,9-10,27H2,1-2H3,(H,29,30,33)/t15-,16+,17-. The lowest BCUT2D eigenvalue weighted by molar-refractivity contribution is 0.0556. The number of nitrogen functional groups attached to an aromatic ring is 1. The number of hydrogen-bond donors (Lipinski definition) is 2. The Bertz CT molecular complexity index is 1880. The zero-order valence-corrected chi connectivity index (χ0v) is 23.2. The number of aryl methyl sites for hydroxylation is 1. The van der Waals surface area contributed by atoms with Gasteiger partial charge >= 0.3 is 0 Å². The molecule has 14 nitrogen and oxygen atoms in total. The van der Waals surface area contributed by atoms with Crippen molar-refractivity contribution in [3.63, 3.8) is 0 Å². The highest BCUT2D eigenvalue weighted by atomic mass is 32.2. The van der Waals surface area contributed by atoms with Crippen molar-refractivity contribution in [3.8, 4) is 22.5 Å². The van der Waals surface area contributed by atoms with Crippen molar-refractivity contribution in [2.45, 2.75) is 48.6 Å². The normalized spacial score (nSPS) is 20.6. The Labute approximate surface area is 234 Å². The van der Waals surface area contributed by atoms with E-state index in [2.05, 4.69) is 30.4 Å². The first kappa shape index (κ1) is 25.3. The van der Waals surface area contributed by atoms with Crippen LogP contribution in [0.5, 0.6) is 0 Å². The zero-order valence-electron chi connectivity index (χ0n) is 22.3. The number of fused-ring (bicyclic) bond motifs is 3. The number of pyridine rings is 1. The second-order valence-corrected chi connectivity index (χ2v) is 12.6. The highest BCUT2D eigenvalue weighted by molar-refractivity contribution is 7.91. The molecule has 41 heavy (non-hydrogen) atoms. The van der Waals surface area contributed by atoms with Crippen LogP contribution in [0.3, 0.4) is 0 Å². The van der Waals surface area contributed by atoms with Crippen LogP contribution in [0.25, 0.3) is 28.2 Å². The number of piperidine rings is 1. The summed E-state index contributed by atoms with van der Waals surface area (Å²) in [4.78, 5) is 27.3. The van der Waals surface area contributed by atoms with Gasteiger partial charge in [-0.05, 0) is 37.8 Å². The number of amides is 1. The third-order valence-corrected chi connectivity index (χ3v) is 9.22. The Balaban J connectivity index is 1.28. The fourth-order valence-corrected chi connectivity index (χ4v) is 7.36. The van der Waals surface area contributed by atoms with Crippen molar-refractivity contribution in [2.24, 2.45) is 7.05 Å². The summed E-state index contributed by atoms with van der Waals surface area (Å²) >= 11 is 0. The summed E-state index contributed by atoms with van der Waals surface area (Å²) in [7, 11) is -1.90. The van der Waals surface area contributed by atoms with Crippen molar-refractivity contribution in [1.82, 2.24) is 49.4 Å². The van der Waals surface area contributed by atoms with E-state index in [1.165, 1.54) is 10.8 Å². The smallest absolute Gasteiger partial charge is 0.292 e. The van der Waals surface area contributed by atoms with Crippen LogP contribution in [-0.4, -0.2) is 82.1 Å². The van der Waals surface area contributed by atoms with Gasteiger partial charge in [-0.15, -0.1) is 10.2 Å². The van der Waals surface area contributed by atoms with Crippen molar-refractivity contribution in [2.75, 3.05) is 12.0 Å². The molecular formula is C26H27N11O3S. The van der Waals surface area contributed by atoms with Crippen LogP contribution in [0.15, 0.2) is 48.0 Å². The summed E-state index contributed by atoms with van der Waals surface area (Å²) in [6.45, 7) is 0. The molecule has 210 valence electrons. The van der Waals surface area contributed by atoms with Crippen molar-refractivity contribution in [1.29, 1.82) is 0 Å². The van der Waals surface area contributed by atoms with E-state index in [1.54, 1.807) is 17.1 Å². The molecule has 7 heterocycles. The van der Waals surface area contributed by atoms with Gasteiger partial charge in [-0.3, -0.25) is 14.5 Å².